The molecular formula is C18H27N3O4. The van der Waals surface area contributed by atoms with E-state index in [1.54, 1.807) is 0 Å². The molecule has 0 bridgehead atoms. The van der Waals surface area contributed by atoms with E-state index in [0.717, 1.165) is 30.6 Å². The van der Waals surface area contributed by atoms with Crippen LogP contribution in [-0.2, 0) is 9.59 Å². The zero-order valence-electron chi connectivity index (χ0n) is 15.1. The van der Waals surface area contributed by atoms with Crippen LogP contribution < -0.4 is 5.32 Å². The Labute approximate surface area is 147 Å². The molecule has 0 radical (unpaired) electrons. The third-order valence-electron chi connectivity index (χ3n) is 5.42. The number of nitrogens with zero attached hydrogens (tertiary/aromatic N) is 2. The van der Waals surface area contributed by atoms with Gasteiger partial charge in [0.05, 0.1) is 18.2 Å². The predicted octanol–water partition coefficient (Wildman–Crippen LogP) is 1.84. The normalized spacial score (nSPS) is 24.0. The molecule has 2 saturated carbocycles. The first-order valence-electron chi connectivity index (χ1n) is 9.04. The van der Waals surface area contributed by atoms with Gasteiger partial charge in [-0.3, -0.25) is 14.5 Å². The average Bonchev–Trinajstić information content (AvgIpc) is 3.25. The molecule has 1 aromatic rings. The van der Waals surface area contributed by atoms with Gasteiger partial charge in [-0.1, -0.05) is 5.16 Å². The zero-order valence-corrected chi connectivity index (χ0v) is 15.1. The van der Waals surface area contributed by atoms with E-state index < -0.39 is 5.97 Å². The van der Waals surface area contributed by atoms with Crippen molar-refractivity contribution in [1.82, 2.24) is 15.4 Å². The molecule has 0 saturated heterocycles. The summed E-state index contributed by atoms with van der Waals surface area (Å²) in [5.74, 6) is 0.244. The summed E-state index contributed by atoms with van der Waals surface area (Å²) in [6.45, 7) is 6.49. The molecule has 7 heteroatoms. The molecule has 2 N–H and O–H groups in total. The summed E-state index contributed by atoms with van der Waals surface area (Å²) in [6, 6.07) is 0.382. The third kappa shape index (κ3) is 4.21. The van der Waals surface area contributed by atoms with Crippen LogP contribution in [-0.4, -0.2) is 52.2 Å². The highest BCUT2D eigenvalue weighted by Crippen LogP contribution is 2.34. The van der Waals surface area contributed by atoms with Gasteiger partial charge in [0.1, 0.15) is 5.76 Å². The number of hydrogen-bond acceptors (Lipinski definition) is 5. The maximum Gasteiger partial charge on any atom is 0.317 e. The van der Waals surface area contributed by atoms with Gasteiger partial charge in [0.25, 0.3) is 0 Å². The second kappa shape index (κ2) is 7.15. The number of amides is 1. The lowest BCUT2D eigenvalue weighted by Crippen LogP contribution is -2.55. The predicted molar refractivity (Wildman–Crippen MR) is 91.3 cm³/mol. The Hall–Kier alpha value is -1.89. The Morgan fingerprint density at radius 3 is 2.56 bits per heavy atom. The fraction of sp³-hybridized carbons (Fsp3) is 0.722. The first-order valence-corrected chi connectivity index (χ1v) is 9.04. The molecule has 0 aromatic carbocycles. The van der Waals surface area contributed by atoms with Crippen molar-refractivity contribution < 1.29 is 19.2 Å². The number of nitrogens with one attached hydrogen (secondary N) is 1. The zero-order chi connectivity index (χ0) is 18.1. The number of aryl methyl sites for hydroxylation is 2. The Balaban J connectivity index is 1.50. The molecule has 2 fully saturated rings. The lowest BCUT2D eigenvalue weighted by molar-refractivity contribution is -0.140. The highest BCUT2D eigenvalue weighted by Gasteiger charge is 2.38. The molecule has 0 spiro atoms. The SMILES string of the molecule is Cc1noc(C)c1[C@@H](C)C(=O)NC1CC(N(CC(=O)O)CC2CC2)C1. The summed E-state index contributed by atoms with van der Waals surface area (Å²) in [5, 5.41) is 16.1. The van der Waals surface area contributed by atoms with Crippen molar-refractivity contribution in [3.05, 3.63) is 17.0 Å². The highest BCUT2D eigenvalue weighted by atomic mass is 16.5. The smallest absolute Gasteiger partial charge is 0.317 e. The maximum absolute atomic E-state index is 12.5. The van der Waals surface area contributed by atoms with Gasteiger partial charge in [0.15, 0.2) is 0 Å². The van der Waals surface area contributed by atoms with Gasteiger partial charge in [-0.15, -0.1) is 0 Å². The number of carbonyl (C=O) groups excluding carboxylic acids is 1. The van der Waals surface area contributed by atoms with Crippen LogP contribution in [0.2, 0.25) is 0 Å². The Morgan fingerprint density at radius 1 is 1.36 bits per heavy atom. The third-order valence-corrected chi connectivity index (χ3v) is 5.42. The number of carbonyl (C=O) groups is 2. The van der Waals surface area contributed by atoms with Gasteiger partial charge < -0.3 is 14.9 Å². The van der Waals surface area contributed by atoms with Crippen LogP contribution in [0.25, 0.3) is 0 Å². The number of aromatic nitrogens is 1. The highest BCUT2D eigenvalue weighted by molar-refractivity contribution is 5.84. The van der Waals surface area contributed by atoms with Crippen molar-refractivity contribution in [3.8, 4) is 0 Å². The fourth-order valence-corrected chi connectivity index (χ4v) is 3.72. The molecule has 25 heavy (non-hydrogen) atoms. The lowest BCUT2D eigenvalue weighted by atomic mass is 9.84. The van der Waals surface area contributed by atoms with E-state index in [-0.39, 0.29) is 30.5 Å². The van der Waals surface area contributed by atoms with Crippen LogP contribution in [0.4, 0.5) is 0 Å². The largest absolute Gasteiger partial charge is 0.480 e. The van der Waals surface area contributed by atoms with Crippen molar-refractivity contribution in [2.45, 2.75) is 64.5 Å². The number of aliphatic carboxylic acids is 1. The standard InChI is InChI=1S/C18H27N3O4/c1-10(17-11(2)20-25-12(17)3)18(24)19-14-6-15(7-14)21(9-16(22)23)8-13-4-5-13/h10,13-15H,4-9H2,1-3H3,(H,19,24)(H,22,23)/t10-,14?,15?/m1/s1. The molecule has 3 rings (SSSR count). The summed E-state index contributed by atoms with van der Waals surface area (Å²) in [7, 11) is 0. The summed E-state index contributed by atoms with van der Waals surface area (Å²) in [6.07, 6.45) is 4.05. The van der Waals surface area contributed by atoms with Crippen molar-refractivity contribution >= 4 is 11.9 Å². The molecule has 2 aliphatic rings. The van der Waals surface area contributed by atoms with Crippen LogP contribution >= 0.6 is 0 Å². The molecule has 1 aromatic heterocycles. The van der Waals surface area contributed by atoms with E-state index in [0.29, 0.717) is 11.7 Å². The van der Waals surface area contributed by atoms with Crippen LogP contribution in [0.5, 0.6) is 0 Å². The van der Waals surface area contributed by atoms with Gasteiger partial charge in [-0.05, 0) is 52.4 Å². The van der Waals surface area contributed by atoms with Crippen LogP contribution in [0.3, 0.4) is 0 Å². The Morgan fingerprint density at radius 2 is 2.04 bits per heavy atom. The van der Waals surface area contributed by atoms with E-state index in [4.69, 9.17) is 9.63 Å². The van der Waals surface area contributed by atoms with Crippen LogP contribution in [0.15, 0.2) is 4.52 Å². The summed E-state index contributed by atoms with van der Waals surface area (Å²) < 4.78 is 5.15. The van der Waals surface area contributed by atoms with E-state index in [2.05, 4.69) is 15.4 Å². The molecule has 0 aliphatic heterocycles. The quantitative estimate of drug-likeness (QED) is 0.743. The van der Waals surface area contributed by atoms with Crippen molar-refractivity contribution in [2.75, 3.05) is 13.1 Å². The number of carboxylic acid groups (broad SMARTS) is 1. The van der Waals surface area contributed by atoms with Gasteiger partial charge in [0, 0.05) is 24.2 Å². The second-order valence-electron chi connectivity index (χ2n) is 7.56. The maximum atomic E-state index is 12.5. The Kier molecular flexibility index (Phi) is 5.13. The molecule has 1 heterocycles. The van der Waals surface area contributed by atoms with Crippen molar-refractivity contribution in [3.63, 3.8) is 0 Å². The minimum absolute atomic E-state index is 0.0233. The summed E-state index contributed by atoms with van der Waals surface area (Å²) in [5.41, 5.74) is 1.61. The van der Waals surface area contributed by atoms with E-state index in [1.807, 2.05) is 20.8 Å². The molecule has 138 valence electrons. The molecular weight excluding hydrogens is 322 g/mol. The first-order chi connectivity index (χ1) is 11.8. The minimum Gasteiger partial charge on any atom is -0.480 e. The minimum atomic E-state index is -0.778. The monoisotopic (exact) mass is 349 g/mol. The lowest BCUT2D eigenvalue weighted by Gasteiger charge is -2.43. The summed E-state index contributed by atoms with van der Waals surface area (Å²) >= 11 is 0. The van der Waals surface area contributed by atoms with Gasteiger partial charge in [-0.25, -0.2) is 0 Å². The van der Waals surface area contributed by atoms with Gasteiger partial charge in [-0.2, -0.15) is 0 Å². The van der Waals surface area contributed by atoms with Gasteiger partial charge in [0.2, 0.25) is 5.91 Å². The molecule has 1 atom stereocenters. The number of carboxylic acids is 1. The topological polar surface area (TPSA) is 95.7 Å². The molecule has 0 unspecified atom stereocenters. The molecule has 7 nitrogen and oxygen atoms in total. The fourth-order valence-electron chi connectivity index (χ4n) is 3.72. The van der Waals surface area contributed by atoms with E-state index in [1.165, 1.54) is 12.8 Å². The van der Waals surface area contributed by atoms with E-state index >= 15 is 0 Å². The Bertz CT molecular complexity index is 627. The molecule has 1 amide bonds. The average molecular weight is 349 g/mol. The summed E-state index contributed by atoms with van der Waals surface area (Å²) in [4.78, 5) is 25.6. The van der Waals surface area contributed by atoms with Crippen molar-refractivity contribution in [1.29, 1.82) is 0 Å². The van der Waals surface area contributed by atoms with Gasteiger partial charge >= 0.3 is 5.97 Å². The molecule has 2 aliphatic carbocycles. The van der Waals surface area contributed by atoms with Crippen LogP contribution in [0, 0.1) is 19.8 Å². The van der Waals surface area contributed by atoms with Crippen LogP contribution in [0.1, 0.15) is 55.5 Å². The first kappa shape index (κ1) is 17.9. The second-order valence-corrected chi connectivity index (χ2v) is 7.56. The van der Waals surface area contributed by atoms with Crippen molar-refractivity contribution in [2.24, 2.45) is 5.92 Å². The number of hydrogen-bond donors (Lipinski definition) is 2. The van der Waals surface area contributed by atoms with E-state index in [9.17, 15) is 9.59 Å². The number of rotatable bonds is 8.